The van der Waals surface area contributed by atoms with Crippen LogP contribution in [0.5, 0.6) is 0 Å². The van der Waals surface area contributed by atoms with Crippen LogP contribution < -0.4 is 0 Å². The molecule has 0 spiro atoms. The number of alkyl halides is 2. The Morgan fingerprint density at radius 1 is 1.32 bits per heavy atom. The van der Waals surface area contributed by atoms with Gasteiger partial charge >= 0.3 is 0 Å². The summed E-state index contributed by atoms with van der Waals surface area (Å²) in [4.78, 5) is 4.64. The van der Waals surface area contributed by atoms with Crippen LogP contribution in [-0.2, 0) is 11.2 Å². The van der Waals surface area contributed by atoms with Gasteiger partial charge in [0.2, 0.25) is 5.92 Å². The van der Waals surface area contributed by atoms with Crippen LogP contribution in [0.25, 0.3) is 0 Å². The van der Waals surface area contributed by atoms with Crippen LogP contribution in [0.15, 0.2) is 5.38 Å². The lowest BCUT2D eigenvalue weighted by molar-refractivity contribution is -0.0384. The number of ether oxygens (including phenoxy) is 1. The standard InChI is InChI=1S/C14H19F2NOS/c15-14(16)5-3-10(4-6-14)12-9-19-13(17-12)8-11-2-1-7-18-11/h9-11H,1-8H2. The molecule has 1 aliphatic heterocycles. The van der Waals surface area contributed by atoms with Gasteiger partial charge in [-0.1, -0.05) is 0 Å². The van der Waals surface area contributed by atoms with Crippen molar-refractivity contribution in [3.05, 3.63) is 16.1 Å². The molecule has 0 radical (unpaired) electrons. The summed E-state index contributed by atoms with van der Waals surface area (Å²) < 4.78 is 31.9. The van der Waals surface area contributed by atoms with Crippen LogP contribution in [0, 0.1) is 0 Å². The van der Waals surface area contributed by atoms with Gasteiger partial charge in [-0.15, -0.1) is 11.3 Å². The first-order chi connectivity index (χ1) is 9.12. The van der Waals surface area contributed by atoms with Crippen molar-refractivity contribution >= 4 is 11.3 Å². The highest BCUT2D eigenvalue weighted by molar-refractivity contribution is 7.09. The molecule has 1 aromatic heterocycles. The summed E-state index contributed by atoms with van der Waals surface area (Å²) in [5.74, 6) is -2.22. The third-order valence-electron chi connectivity index (χ3n) is 4.13. The smallest absolute Gasteiger partial charge is 0.248 e. The highest BCUT2D eigenvalue weighted by atomic mass is 32.1. The van der Waals surface area contributed by atoms with E-state index in [2.05, 4.69) is 10.4 Å². The monoisotopic (exact) mass is 287 g/mol. The second-order valence-corrected chi connectivity index (χ2v) is 6.58. The fraction of sp³-hybridized carbons (Fsp3) is 0.786. The molecule has 1 unspecified atom stereocenters. The van der Waals surface area contributed by atoms with Crippen molar-refractivity contribution in [2.24, 2.45) is 0 Å². The van der Waals surface area contributed by atoms with E-state index in [1.165, 1.54) is 0 Å². The minimum Gasteiger partial charge on any atom is -0.378 e. The highest BCUT2D eigenvalue weighted by Gasteiger charge is 2.36. The summed E-state index contributed by atoms with van der Waals surface area (Å²) >= 11 is 1.65. The number of halogens is 2. The van der Waals surface area contributed by atoms with Crippen molar-refractivity contribution < 1.29 is 13.5 Å². The van der Waals surface area contributed by atoms with Gasteiger partial charge in [0.25, 0.3) is 0 Å². The van der Waals surface area contributed by atoms with Crippen LogP contribution in [-0.4, -0.2) is 23.6 Å². The summed E-state index contributed by atoms with van der Waals surface area (Å²) in [5.41, 5.74) is 1.02. The van der Waals surface area contributed by atoms with Crippen LogP contribution in [0.4, 0.5) is 8.78 Å². The lowest BCUT2D eigenvalue weighted by Gasteiger charge is -2.27. The van der Waals surface area contributed by atoms with Gasteiger partial charge in [-0.25, -0.2) is 13.8 Å². The molecule has 2 nitrogen and oxygen atoms in total. The largest absolute Gasteiger partial charge is 0.378 e. The molecule has 0 N–H and O–H groups in total. The molecule has 106 valence electrons. The molecule has 1 atom stereocenters. The fourth-order valence-corrected chi connectivity index (χ4v) is 3.88. The third-order valence-corrected chi connectivity index (χ3v) is 5.02. The summed E-state index contributed by atoms with van der Waals surface area (Å²) in [6.07, 6.45) is 4.60. The SMILES string of the molecule is FC1(F)CCC(c2csc(CC3CCCO3)n2)CC1. The minimum atomic E-state index is -2.45. The van der Waals surface area contributed by atoms with Gasteiger partial charge in [0.15, 0.2) is 0 Å². The molecular formula is C14H19F2NOS. The number of hydrogen-bond donors (Lipinski definition) is 0. The summed E-state index contributed by atoms with van der Waals surface area (Å²) in [6, 6.07) is 0. The van der Waals surface area contributed by atoms with Gasteiger partial charge in [0, 0.05) is 37.2 Å². The first-order valence-corrected chi connectivity index (χ1v) is 7.94. The number of thiazole rings is 1. The zero-order valence-corrected chi connectivity index (χ0v) is 11.7. The average Bonchev–Trinajstić information content (AvgIpc) is 3.01. The summed E-state index contributed by atoms with van der Waals surface area (Å²) in [7, 11) is 0. The van der Waals surface area contributed by atoms with E-state index in [1.807, 2.05) is 0 Å². The zero-order valence-electron chi connectivity index (χ0n) is 10.9. The van der Waals surface area contributed by atoms with Crippen molar-refractivity contribution in [3.63, 3.8) is 0 Å². The summed E-state index contributed by atoms with van der Waals surface area (Å²) in [5, 5.41) is 3.15. The van der Waals surface area contributed by atoms with Crippen LogP contribution in [0.3, 0.4) is 0 Å². The van der Waals surface area contributed by atoms with Gasteiger partial charge in [-0.2, -0.15) is 0 Å². The Hall–Kier alpha value is -0.550. The normalized spacial score (nSPS) is 27.8. The molecule has 2 heterocycles. The first kappa shape index (κ1) is 13.4. The van der Waals surface area contributed by atoms with E-state index >= 15 is 0 Å². The van der Waals surface area contributed by atoms with Gasteiger partial charge in [-0.05, 0) is 25.7 Å². The number of nitrogens with zero attached hydrogens (tertiary/aromatic N) is 1. The number of hydrogen-bond acceptors (Lipinski definition) is 3. The van der Waals surface area contributed by atoms with Crippen LogP contribution in [0.1, 0.15) is 55.1 Å². The predicted octanol–water partition coefficient (Wildman–Crippen LogP) is 4.16. The van der Waals surface area contributed by atoms with Gasteiger partial charge in [0.05, 0.1) is 16.8 Å². The molecule has 5 heteroatoms. The molecule has 0 aromatic carbocycles. The second-order valence-electron chi connectivity index (χ2n) is 5.64. The maximum Gasteiger partial charge on any atom is 0.248 e. The van der Waals surface area contributed by atoms with E-state index in [0.29, 0.717) is 18.9 Å². The Labute approximate surface area is 116 Å². The van der Waals surface area contributed by atoms with Gasteiger partial charge < -0.3 is 4.74 Å². The molecule has 1 saturated carbocycles. The van der Waals surface area contributed by atoms with E-state index in [1.54, 1.807) is 11.3 Å². The average molecular weight is 287 g/mol. The lowest BCUT2D eigenvalue weighted by Crippen LogP contribution is -2.23. The predicted molar refractivity (Wildman–Crippen MR) is 70.9 cm³/mol. The lowest BCUT2D eigenvalue weighted by atomic mass is 9.85. The Balaban J connectivity index is 1.58. The van der Waals surface area contributed by atoms with Crippen LogP contribution >= 0.6 is 11.3 Å². The molecule has 2 aliphatic rings. The number of rotatable bonds is 3. The number of aromatic nitrogens is 1. The fourth-order valence-electron chi connectivity index (χ4n) is 2.94. The molecule has 1 saturated heterocycles. The van der Waals surface area contributed by atoms with Crippen LogP contribution in [0.2, 0.25) is 0 Å². The topological polar surface area (TPSA) is 22.1 Å². The molecule has 0 amide bonds. The molecule has 0 bridgehead atoms. The molecular weight excluding hydrogens is 268 g/mol. The van der Waals surface area contributed by atoms with E-state index in [-0.39, 0.29) is 18.8 Å². The van der Waals surface area contributed by atoms with Crippen molar-refractivity contribution in [1.29, 1.82) is 0 Å². The maximum absolute atomic E-state index is 13.1. The van der Waals surface area contributed by atoms with E-state index in [4.69, 9.17) is 4.74 Å². The molecule has 2 fully saturated rings. The Kier molecular flexibility index (Phi) is 3.85. The molecule has 1 aromatic rings. The quantitative estimate of drug-likeness (QED) is 0.833. The molecule has 19 heavy (non-hydrogen) atoms. The van der Waals surface area contributed by atoms with Crippen molar-refractivity contribution in [2.45, 2.75) is 62.9 Å². The Bertz CT molecular complexity index is 419. The van der Waals surface area contributed by atoms with E-state index in [0.717, 1.165) is 36.6 Å². The van der Waals surface area contributed by atoms with E-state index in [9.17, 15) is 8.78 Å². The molecule has 3 rings (SSSR count). The van der Waals surface area contributed by atoms with Crippen molar-refractivity contribution in [2.75, 3.05) is 6.61 Å². The summed E-state index contributed by atoms with van der Waals surface area (Å²) in [6.45, 7) is 0.862. The maximum atomic E-state index is 13.1. The third kappa shape index (κ3) is 3.31. The van der Waals surface area contributed by atoms with Crippen molar-refractivity contribution in [3.8, 4) is 0 Å². The first-order valence-electron chi connectivity index (χ1n) is 7.06. The van der Waals surface area contributed by atoms with Gasteiger partial charge in [0.1, 0.15) is 0 Å². The van der Waals surface area contributed by atoms with Gasteiger partial charge in [-0.3, -0.25) is 0 Å². The minimum absolute atomic E-state index is 0.0102. The Morgan fingerprint density at radius 2 is 2.11 bits per heavy atom. The zero-order chi connectivity index (χ0) is 13.3. The van der Waals surface area contributed by atoms with Crippen molar-refractivity contribution in [1.82, 2.24) is 4.98 Å². The molecule has 1 aliphatic carbocycles. The Morgan fingerprint density at radius 3 is 2.79 bits per heavy atom. The second kappa shape index (κ2) is 5.44. The van der Waals surface area contributed by atoms with E-state index < -0.39 is 5.92 Å². The highest BCUT2D eigenvalue weighted by Crippen LogP contribution is 2.41.